The van der Waals surface area contributed by atoms with E-state index in [1.54, 1.807) is 69.0 Å². The fraction of sp³-hybridized carbons (Fsp3) is 0.531. The summed E-state index contributed by atoms with van der Waals surface area (Å²) in [5.74, 6) is -14.9. The summed E-state index contributed by atoms with van der Waals surface area (Å²) >= 11 is 1.10. The number of anilines is 1. The molecule has 1 saturated heterocycles. The predicted octanol–water partition coefficient (Wildman–Crippen LogP) is -1.81. The van der Waals surface area contributed by atoms with Gasteiger partial charge in [-0.2, -0.15) is 11.8 Å². The number of methoxy groups -OCH3 is 2. The molecule has 1 aliphatic heterocycles. The predicted molar refractivity (Wildman–Crippen MR) is 472 cm³/mol. The first-order valence-corrected chi connectivity index (χ1v) is 42.7. The number of nitro groups is 2. The number of fused-ring (bicyclic) bond motifs is 1. The number of carbonyl (C=O) groups excluding carboxylic acids is 13. The third-order valence-corrected chi connectivity index (χ3v) is 21.3. The molecule has 11 amide bonds. The molecule has 10 atom stereocenters. The highest BCUT2D eigenvalue weighted by Gasteiger charge is 2.39. The molecule has 47 nitrogen and oxygen atoms in total. The molecule has 0 saturated carbocycles. The number of ether oxygens (including phenoxy) is 2. The van der Waals surface area contributed by atoms with Gasteiger partial charge in [0, 0.05) is 80.0 Å². The Bertz CT molecular complexity index is 4730. The summed E-state index contributed by atoms with van der Waals surface area (Å²) in [6.45, 7) is 6.12. The van der Waals surface area contributed by atoms with Crippen LogP contribution in [0.4, 0.5) is 17.1 Å². The van der Waals surface area contributed by atoms with Crippen molar-refractivity contribution in [2.75, 3.05) is 77.6 Å². The highest BCUT2D eigenvalue weighted by Crippen LogP contribution is 2.30. The van der Waals surface area contributed by atoms with Crippen molar-refractivity contribution in [2.24, 2.45) is 40.7 Å². The average Bonchev–Trinajstić information content (AvgIpc) is 1.77. The number of aliphatic carboxylic acids is 1. The van der Waals surface area contributed by atoms with E-state index in [4.69, 9.17) is 53.1 Å². The molecule has 4 aromatic rings. The minimum absolute atomic E-state index is 0.0203. The summed E-state index contributed by atoms with van der Waals surface area (Å²) in [7, 11) is 2.89. The van der Waals surface area contributed by atoms with Gasteiger partial charge in [0.1, 0.15) is 59.0 Å². The SMILES string of the molecule is COc1ccc(CSC[C@H](NC(=O)CNC(=O)[C@H](CC(C)C)NC(=O)CNC(=O)[C@H](CC(C)C)NC(=O)[C@@H]2CCCN2CC(=O)[C@@H](CCCNC(=N)N)NC(=O)Cc2cc(=O)oc3cc(OC)ccc23)C(=O)N[C@@H](CNc2ccc([N+](=O)[O-])cc2[N+](=O)[O-])C(=O)N[C@@H](C)C(=O)C[C@H](CCCNC(=N)N)C(=O)N[C@H](CCC(=O)O)C(=O)N[C@H](CCCNC(=N)N)C(N)=O)cc1. The van der Waals surface area contributed by atoms with E-state index < -0.39 is 220 Å². The Kier molecular flexibility index (Phi) is 43.9. The lowest BCUT2D eigenvalue weighted by atomic mass is 9.93. The van der Waals surface area contributed by atoms with Crippen molar-refractivity contribution in [2.45, 2.75) is 185 Å². The van der Waals surface area contributed by atoms with Crippen molar-refractivity contribution in [3.05, 3.63) is 109 Å². The number of nitro benzene ring substituents is 2. The van der Waals surface area contributed by atoms with Gasteiger partial charge in [-0.15, -0.1) is 0 Å². The van der Waals surface area contributed by atoms with E-state index >= 15 is 0 Å². The maximum absolute atomic E-state index is 14.8. The lowest BCUT2D eigenvalue weighted by Crippen LogP contribution is -2.59. The summed E-state index contributed by atoms with van der Waals surface area (Å²) in [4.78, 5) is 231. The molecule has 48 heteroatoms. The van der Waals surface area contributed by atoms with Crippen LogP contribution in [0.3, 0.4) is 0 Å². The standard InChI is InChI=1S/C81H118N24O23S/c1-43(2)30-57(97-67(109)38-94-74(117)58(31-44(3)4)101-78(121)61-15-11-29-103(61)40-64(107)54(13-9-27-90-80(85)86)96-66(108)33-48-34-70(113)128-65-36-51(127-7)21-22-52(48)65)73(116)93-39-68(110)98-60(42-129-41-46-16-19-50(126-6)20-17-46)77(120)102-59(37-92-53-23-18-49(104(122)123)35-62(53)105(124)125)76(119)95-45(5)63(106)32-47(12-8-26-89-79(83)84)72(115)100-56(24-25-69(111)112)75(118)99-55(71(82)114)14-10-28-91-81(87)88/h16-23,34-36,43-45,47,54-61,92H,8-15,24-33,37-42H2,1-7H3,(H2,82,114)(H,93,116)(H,94,117)(H,95,119)(H,96,108)(H,97,109)(H,98,110)(H,99,118)(H,100,115)(H,101,121)(H,102,120)(H,111,112)(H4,83,84,89)(H4,85,86,90)(H4,87,88,91)/t45-,47-,54+,55+,56+,57-,58-,59-,60-,61-/m0/s1. The fourth-order valence-electron chi connectivity index (χ4n) is 13.6. The number of benzene rings is 3. The molecule has 3 aromatic carbocycles. The molecule has 2 heterocycles. The van der Waals surface area contributed by atoms with E-state index in [2.05, 4.69) is 74.4 Å². The minimum Gasteiger partial charge on any atom is -0.497 e. The number of guanidine groups is 3. The average molecular weight is 1830 g/mol. The minimum atomic E-state index is -1.88. The molecule has 0 spiro atoms. The molecule has 0 bridgehead atoms. The Morgan fingerprint density at radius 2 is 1.11 bits per heavy atom. The van der Waals surface area contributed by atoms with Gasteiger partial charge in [0.25, 0.3) is 11.4 Å². The number of thioether (sulfide) groups is 1. The number of non-ortho nitro benzene ring substituents is 1. The zero-order chi connectivity index (χ0) is 95.7. The molecule has 5 rings (SSSR count). The van der Waals surface area contributed by atoms with Crippen molar-refractivity contribution in [1.82, 2.24) is 74.0 Å². The highest BCUT2D eigenvalue weighted by atomic mass is 32.2. The van der Waals surface area contributed by atoms with Crippen LogP contribution in [0.2, 0.25) is 0 Å². The number of carbonyl (C=O) groups is 14. The van der Waals surface area contributed by atoms with Crippen molar-refractivity contribution in [1.29, 1.82) is 16.2 Å². The second kappa shape index (κ2) is 53.6. The summed E-state index contributed by atoms with van der Waals surface area (Å²) < 4.78 is 15.9. The molecule has 129 heavy (non-hydrogen) atoms. The number of hydrogen-bond donors (Lipinski definition) is 22. The van der Waals surface area contributed by atoms with E-state index in [0.717, 1.165) is 23.9 Å². The Labute approximate surface area is 746 Å². The lowest BCUT2D eigenvalue weighted by molar-refractivity contribution is -0.393. The monoisotopic (exact) mass is 1830 g/mol. The van der Waals surface area contributed by atoms with Crippen LogP contribution in [-0.4, -0.2) is 247 Å². The molecular weight excluding hydrogens is 1710 g/mol. The Hall–Kier alpha value is -13.8. The second-order valence-corrected chi connectivity index (χ2v) is 32.4. The van der Waals surface area contributed by atoms with Crippen LogP contribution in [0.1, 0.15) is 129 Å². The maximum atomic E-state index is 14.8. The van der Waals surface area contributed by atoms with Crippen LogP contribution in [0, 0.1) is 54.2 Å². The van der Waals surface area contributed by atoms with Crippen molar-refractivity contribution < 1.29 is 96.0 Å². The number of ketones is 2. The first kappa shape index (κ1) is 106. The number of rotatable bonds is 58. The van der Waals surface area contributed by atoms with E-state index in [0.29, 0.717) is 40.5 Å². The molecule has 0 unspecified atom stereocenters. The summed E-state index contributed by atoms with van der Waals surface area (Å²) in [6, 6.07) is 2.51. The molecule has 1 aromatic heterocycles. The van der Waals surface area contributed by atoms with E-state index in [1.807, 2.05) is 0 Å². The molecule has 1 fully saturated rings. The molecule has 0 aliphatic carbocycles. The molecule has 26 N–H and O–H groups in total. The van der Waals surface area contributed by atoms with Gasteiger partial charge in [0.15, 0.2) is 29.4 Å². The van der Waals surface area contributed by atoms with Crippen molar-refractivity contribution in [3.8, 4) is 11.5 Å². The van der Waals surface area contributed by atoms with Crippen LogP contribution < -0.4 is 112 Å². The third-order valence-electron chi connectivity index (χ3n) is 20.2. The molecule has 1 aliphatic rings. The van der Waals surface area contributed by atoms with E-state index in [-0.39, 0.29) is 138 Å². The number of amides is 11. The number of Topliss-reactive ketones (excluding diaryl/α,β-unsaturated/α-hetero) is 2. The van der Waals surface area contributed by atoms with Crippen LogP contribution in [-0.2, 0) is 79.3 Å². The van der Waals surface area contributed by atoms with Gasteiger partial charge in [0.05, 0.1) is 74.3 Å². The molecular formula is C81H118N24O23S. The van der Waals surface area contributed by atoms with Gasteiger partial charge >= 0.3 is 11.6 Å². The Balaban J connectivity index is 1.33. The Morgan fingerprint density at radius 3 is 1.67 bits per heavy atom. The first-order chi connectivity index (χ1) is 61.0. The van der Waals surface area contributed by atoms with E-state index in [9.17, 15) is 97.3 Å². The number of carboxylic acid groups (broad SMARTS) is 1. The normalized spacial score (nSPS) is 14.4. The van der Waals surface area contributed by atoms with Gasteiger partial charge in [0.2, 0.25) is 65.0 Å². The van der Waals surface area contributed by atoms with Crippen molar-refractivity contribution >= 4 is 140 Å². The molecule has 0 radical (unpaired) electrons. The number of nitrogens with one attached hydrogen (secondary N) is 17. The maximum Gasteiger partial charge on any atom is 0.336 e. The van der Waals surface area contributed by atoms with Gasteiger partial charge in [-0.25, -0.2) is 4.79 Å². The fourth-order valence-corrected chi connectivity index (χ4v) is 14.6. The van der Waals surface area contributed by atoms with Crippen LogP contribution >= 0.6 is 11.8 Å². The van der Waals surface area contributed by atoms with Gasteiger partial charge in [-0.3, -0.25) is 108 Å². The highest BCUT2D eigenvalue weighted by molar-refractivity contribution is 7.98. The number of likely N-dealkylation sites (tertiary alicyclic amines) is 1. The van der Waals surface area contributed by atoms with Gasteiger partial charge < -0.3 is 116 Å². The molecule has 706 valence electrons. The summed E-state index contributed by atoms with van der Waals surface area (Å²) in [5.41, 5.74) is 20.4. The number of hydrogen-bond acceptors (Lipinski definition) is 28. The summed E-state index contributed by atoms with van der Waals surface area (Å²) in [5, 5.41) is 92.5. The second-order valence-electron chi connectivity index (χ2n) is 31.4. The first-order valence-electron chi connectivity index (χ1n) is 41.5. The smallest absolute Gasteiger partial charge is 0.336 e. The zero-order valence-electron chi connectivity index (χ0n) is 72.7. The third kappa shape index (κ3) is 37.7. The quantitative estimate of drug-likeness (QED) is 0.00578. The van der Waals surface area contributed by atoms with Gasteiger partial charge in [-0.05, 0) is 137 Å². The van der Waals surface area contributed by atoms with E-state index in [1.165, 1.54) is 33.3 Å². The number of primary amides is 1. The summed E-state index contributed by atoms with van der Waals surface area (Å²) in [6.07, 6.45) is -1.14. The van der Waals surface area contributed by atoms with Crippen LogP contribution in [0.15, 0.2) is 75.9 Å². The number of carboxylic acids is 1. The number of nitrogens with zero attached hydrogens (tertiary/aromatic N) is 3. The van der Waals surface area contributed by atoms with Gasteiger partial charge in [-0.1, -0.05) is 39.8 Å². The van der Waals surface area contributed by atoms with Crippen molar-refractivity contribution in [3.63, 3.8) is 0 Å². The lowest BCUT2D eigenvalue weighted by Gasteiger charge is -2.28. The zero-order valence-corrected chi connectivity index (χ0v) is 73.6. The number of nitrogens with two attached hydrogens (primary N) is 4. The topological polar surface area (TPSA) is 741 Å². The van der Waals surface area contributed by atoms with Crippen LogP contribution in [0.25, 0.3) is 11.0 Å². The Morgan fingerprint density at radius 1 is 0.574 bits per heavy atom. The largest absolute Gasteiger partial charge is 0.497 e. The van der Waals surface area contributed by atoms with Crippen LogP contribution in [0.5, 0.6) is 11.5 Å².